The number of halogens is 1. The Morgan fingerprint density at radius 2 is 1.80 bits per heavy atom. The number of anilines is 1. The van der Waals surface area contributed by atoms with E-state index in [1.807, 2.05) is 6.07 Å². The van der Waals surface area contributed by atoms with Crippen LogP contribution < -0.4 is 5.73 Å². The van der Waals surface area contributed by atoms with Crippen LogP contribution in [0.1, 0.15) is 50.5 Å². The van der Waals surface area contributed by atoms with Gasteiger partial charge in [-0.2, -0.15) is 0 Å². The van der Waals surface area contributed by atoms with Gasteiger partial charge in [0.15, 0.2) is 0 Å². The van der Waals surface area contributed by atoms with Crippen molar-refractivity contribution in [1.29, 1.82) is 0 Å². The fourth-order valence-corrected chi connectivity index (χ4v) is 4.10. The topological polar surface area (TPSA) is 29.3 Å². The van der Waals surface area contributed by atoms with Gasteiger partial charge in [0.05, 0.1) is 0 Å². The molecule has 2 N–H and O–H groups in total. The summed E-state index contributed by atoms with van der Waals surface area (Å²) in [6, 6.07) is 8.38. The lowest BCUT2D eigenvalue weighted by Crippen LogP contribution is -2.43. The molecule has 1 aromatic rings. The van der Waals surface area contributed by atoms with Crippen LogP contribution in [0.25, 0.3) is 0 Å². The summed E-state index contributed by atoms with van der Waals surface area (Å²) < 4.78 is 0. The summed E-state index contributed by atoms with van der Waals surface area (Å²) >= 11 is 0. The molecule has 112 valence electrons. The average molecular weight is 295 g/mol. The van der Waals surface area contributed by atoms with E-state index in [2.05, 4.69) is 23.1 Å². The standard InChI is InChI=1S/C17H26N2.ClH/c18-16-7-4-6-15(12-16)13-19-11-5-10-17(14-19)8-2-1-3-9-17;/h4,6-7,12H,1-3,5,8-11,13-14,18H2;1H. The SMILES string of the molecule is Cl.Nc1cccc(CN2CCCC3(CCCCC3)C2)c1. The first-order valence-corrected chi connectivity index (χ1v) is 7.83. The highest BCUT2D eigenvalue weighted by Crippen LogP contribution is 2.43. The summed E-state index contributed by atoms with van der Waals surface area (Å²) in [5, 5.41) is 0. The second-order valence-electron chi connectivity index (χ2n) is 6.62. The molecule has 1 aliphatic carbocycles. The Morgan fingerprint density at radius 3 is 2.55 bits per heavy atom. The minimum atomic E-state index is 0. The molecule has 1 spiro atoms. The Balaban J connectivity index is 0.00000147. The molecule has 1 saturated heterocycles. The molecule has 1 aliphatic heterocycles. The van der Waals surface area contributed by atoms with E-state index in [0.717, 1.165) is 12.2 Å². The summed E-state index contributed by atoms with van der Waals surface area (Å²) in [7, 11) is 0. The monoisotopic (exact) mass is 294 g/mol. The molecule has 2 fully saturated rings. The lowest BCUT2D eigenvalue weighted by Gasteiger charge is -2.45. The number of piperidine rings is 1. The van der Waals surface area contributed by atoms with Crippen molar-refractivity contribution in [3.05, 3.63) is 29.8 Å². The third kappa shape index (κ3) is 3.67. The summed E-state index contributed by atoms with van der Waals surface area (Å²) in [4.78, 5) is 2.66. The molecule has 3 heteroatoms. The van der Waals surface area contributed by atoms with E-state index in [4.69, 9.17) is 5.73 Å². The van der Waals surface area contributed by atoms with Crippen molar-refractivity contribution in [3.63, 3.8) is 0 Å². The molecule has 0 amide bonds. The Kier molecular flexibility index (Phi) is 5.34. The Bertz CT molecular complexity index is 421. The van der Waals surface area contributed by atoms with Gasteiger partial charge >= 0.3 is 0 Å². The minimum Gasteiger partial charge on any atom is -0.399 e. The van der Waals surface area contributed by atoms with Crippen LogP contribution in [0.2, 0.25) is 0 Å². The second kappa shape index (κ2) is 6.82. The van der Waals surface area contributed by atoms with E-state index in [1.165, 1.54) is 63.6 Å². The highest BCUT2D eigenvalue weighted by Gasteiger charge is 2.36. The predicted molar refractivity (Wildman–Crippen MR) is 88.1 cm³/mol. The van der Waals surface area contributed by atoms with Gasteiger partial charge in [0.2, 0.25) is 0 Å². The second-order valence-corrected chi connectivity index (χ2v) is 6.62. The van der Waals surface area contributed by atoms with Crippen LogP contribution in [0.15, 0.2) is 24.3 Å². The van der Waals surface area contributed by atoms with Gasteiger partial charge in [-0.05, 0) is 55.3 Å². The maximum atomic E-state index is 5.88. The smallest absolute Gasteiger partial charge is 0.0317 e. The highest BCUT2D eigenvalue weighted by atomic mass is 35.5. The zero-order valence-electron chi connectivity index (χ0n) is 12.3. The number of benzene rings is 1. The molecule has 1 saturated carbocycles. The van der Waals surface area contributed by atoms with Crippen LogP contribution in [0.4, 0.5) is 5.69 Å². The van der Waals surface area contributed by atoms with E-state index in [1.54, 1.807) is 0 Å². The fraction of sp³-hybridized carbons (Fsp3) is 0.647. The number of rotatable bonds is 2. The van der Waals surface area contributed by atoms with Crippen LogP contribution in [-0.2, 0) is 6.54 Å². The number of hydrogen-bond acceptors (Lipinski definition) is 2. The molecule has 0 aromatic heterocycles. The Morgan fingerprint density at radius 1 is 1.05 bits per heavy atom. The van der Waals surface area contributed by atoms with Crippen molar-refractivity contribution >= 4 is 18.1 Å². The molecule has 1 heterocycles. The van der Waals surface area contributed by atoms with E-state index in [9.17, 15) is 0 Å². The van der Waals surface area contributed by atoms with Crippen molar-refractivity contribution in [3.8, 4) is 0 Å². The van der Waals surface area contributed by atoms with Crippen LogP contribution in [0, 0.1) is 5.41 Å². The van der Waals surface area contributed by atoms with Crippen LogP contribution in [0.5, 0.6) is 0 Å². The van der Waals surface area contributed by atoms with Gasteiger partial charge in [-0.25, -0.2) is 0 Å². The van der Waals surface area contributed by atoms with Gasteiger partial charge in [0.25, 0.3) is 0 Å². The average Bonchev–Trinajstić information content (AvgIpc) is 2.40. The van der Waals surface area contributed by atoms with Crippen molar-refractivity contribution in [2.24, 2.45) is 5.41 Å². The third-order valence-electron chi connectivity index (χ3n) is 5.01. The fourth-order valence-electron chi connectivity index (χ4n) is 4.10. The van der Waals surface area contributed by atoms with Crippen molar-refractivity contribution < 1.29 is 0 Å². The van der Waals surface area contributed by atoms with Gasteiger partial charge in [0, 0.05) is 18.8 Å². The van der Waals surface area contributed by atoms with Crippen molar-refractivity contribution in [1.82, 2.24) is 4.90 Å². The van der Waals surface area contributed by atoms with Crippen molar-refractivity contribution in [2.75, 3.05) is 18.8 Å². The lowest BCUT2D eigenvalue weighted by molar-refractivity contribution is 0.0494. The largest absolute Gasteiger partial charge is 0.399 e. The number of nitrogens with two attached hydrogens (primary N) is 1. The van der Waals surface area contributed by atoms with Gasteiger partial charge in [-0.15, -0.1) is 12.4 Å². The van der Waals surface area contributed by atoms with Gasteiger partial charge in [0.1, 0.15) is 0 Å². The molecule has 3 rings (SSSR count). The molecular weight excluding hydrogens is 268 g/mol. The first-order valence-electron chi connectivity index (χ1n) is 7.83. The van der Waals surface area contributed by atoms with Gasteiger partial charge in [-0.3, -0.25) is 4.90 Å². The van der Waals surface area contributed by atoms with Gasteiger partial charge in [-0.1, -0.05) is 31.4 Å². The quantitative estimate of drug-likeness (QED) is 0.827. The summed E-state index contributed by atoms with van der Waals surface area (Å²) in [5.74, 6) is 0. The normalized spacial score (nSPS) is 22.4. The molecule has 0 bridgehead atoms. The highest BCUT2D eigenvalue weighted by molar-refractivity contribution is 5.85. The van der Waals surface area contributed by atoms with E-state index in [-0.39, 0.29) is 12.4 Å². The molecular formula is C17H27ClN2. The molecule has 1 aromatic carbocycles. The maximum Gasteiger partial charge on any atom is 0.0317 e. The third-order valence-corrected chi connectivity index (χ3v) is 5.01. The molecule has 0 radical (unpaired) electrons. The summed E-state index contributed by atoms with van der Waals surface area (Å²) in [5.41, 5.74) is 8.79. The summed E-state index contributed by atoms with van der Waals surface area (Å²) in [6.07, 6.45) is 10.1. The zero-order valence-corrected chi connectivity index (χ0v) is 13.1. The first-order chi connectivity index (χ1) is 9.26. The number of nitrogens with zero attached hydrogens (tertiary/aromatic N) is 1. The zero-order chi connectivity index (χ0) is 13.1. The van der Waals surface area contributed by atoms with Crippen molar-refractivity contribution in [2.45, 2.75) is 51.5 Å². The van der Waals surface area contributed by atoms with Gasteiger partial charge < -0.3 is 5.73 Å². The number of hydrogen-bond donors (Lipinski definition) is 1. The molecule has 20 heavy (non-hydrogen) atoms. The summed E-state index contributed by atoms with van der Waals surface area (Å²) in [6.45, 7) is 3.64. The maximum absolute atomic E-state index is 5.88. The molecule has 0 atom stereocenters. The van der Waals surface area contributed by atoms with E-state index < -0.39 is 0 Å². The number of nitrogen functional groups attached to an aromatic ring is 1. The van der Waals surface area contributed by atoms with Crippen LogP contribution in [0.3, 0.4) is 0 Å². The molecule has 2 nitrogen and oxygen atoms in total. The van der Waals surface area contributed by atoms with E-state index in [0.29, 0.717) is 5.41 Å². The first kappa shape index (κ1) is 15.7. The molecule has 2 aliphatic rings. The van der Waals surface area contributed by atoms with Crippen LogP contribution in [-0.4, -0.2) is 18.0 Å². The lowest BCUT2D eigenvalue weighted by atomic mass is 9.69. The van der Waals surface area contributed by atoms with E-state index >= 15 is 0 Å². The predicted octanol–water partition coefficient (Wildman–Crippen LogP) is 4.24. The molecule has 0 unspecified atom stereocenters. The Labute approximate surface area is 129 Å². The van der Waals surface area contributed by atoms with Crippen LogP contribution >= 0.6 is 12.4 Å². The minimum absolute atomic E-state index is 0. The number of likely N-dealkylation sites (tertiary alicyclic amines) is 1. The Hall–Kier alpha value is -0.730.